The van der Waals surface area contributed by atoms with Crippen molar-refractivity contribution in [2.75, 3.05) is 5.32 Å². The van der Waals surface area contributed by atoms with E-state index in [0.717, 1.165) is 4.88 Å². The molecule has 19 heavy (non-hydrogen) atoms. The molecule has 0 spiro atoms. The number of para-hydroxylation sites is 2. The zero-order valence-electron chi connectivity index (χ0n) is 10.0. The van der Waals surface area contributed by atoms with Gasteiger partial charge in [0.25, 0.3) is 5.91 Å². The predicted molar refractivity (Wildman–Crippen MR) is 70.1 cm³/mol. The van der Waals surface area contributed by atoms with Crippen molar-refractivity contribution in [2.45, 2.75) is 13.5 Å². The molecule has 1 aromatic carbocycles. The molecule has 0 aliphatic rings. The summed E-state index contributed by atoms with van der Waals surface area (Å²) in [4.78, 5) is 13.4. The maximum atomic E-state index is 12.2. The van der Waals surface area contributed by atoms with E-state index in [1.165, 1.54) is 23.5 Å². The molecule has 1 aromatic heterocycles. The average Bonchev–Trinajstić information content (AvgIpc) is 2.78. The lowest BCUT2D eigenvalue weighted by atomic mass is 10.3. The number of hydrogen-bond acceptors (Lipinski definition) is 3. The van der Waals surface area contributed by atoms with Crippen LogP contribution in [0.15, 0.2) is 36.4 Å². The van der Waals surface area contributed by atoms with E-state index in [0.29, 0.717) is 4.88 Å². The van der Waals surface area contributed by atoms with Gasteiger partial charge in [-0.3, -0.25) is 4.79 Å². The summed E-state index contributed by atoms with van der Waals surface area (Å²) < 4.78 is 28.8. The number of thiophene rings is 1. The summed E-state index contributed by atoms with van der Waals surface area (Å²) in [7, 11) is 0. The quantitative estimate of drug-likeness (QED) is 0.923. The Morgan fingerprint density at radius 3 is 2.63 bits per heavy atom. The number of amides is 1. The van der Waals surface area contributed by atoms with E-state index >= 15 is 0 Å². The fourth-order valence-electron chi connectivity index (χ4n) is 1.51. The number of rotatable bonds is 4. The summed E-state index contributed by atoms with van der Waals surface area (Å²) in [5.74, 6) is -0.400. The highest BCUT2D eigenvalue weighted by Gasteiger charge is 2.13. The molecule has 0 atom stereocenters. The third-order valence-electron chi connectivity index (χ3n) is 2.32. The number of alkyl halides is 2. The smallest absolute Gasteiger partial charge is 0.387 e. The predicted octanol–water partition coefficient (Wildman–Crippen LogP) is 3.91. The third kappa shape index (κ3) is 3.51. The third-order valence-corrected chi connectivity index (χ3v) is 3.31. The molecule has 0 radical (unpaired) electrons. The van der Waals surface area contributed by atoms with Gasteiger partial charge >= 0.3 is 6.61 Å². The molecule has 0 saturated carbocycles. The summed E-state index contributed by atoms with van der Waals surface area (Å²) >= 11 is 1.33. The Bertz CT molecular complexity index is 584. The van der Waals surface area contributed by atoms with Gasteiger partial charge in [0.15, 0.2) is 0 Å². The molecule has 3 nitrogen and oxygen atoms in total. The monoisotopic (exact) mass is 283 g/mol. The number of ether oxygens (including phenoxy) is 1. The number of carbonyl (C=O) groups is 1. The minimum Gasteiger partial charge on any atom is -0.433 e. The molecule has 2 rings (SSSR count). The number of carbonyl (C=O) groups excluding carboxylic acids is 1. The van der Waals surface area contributed by atoms with Gasteiger partial charge in [0.05, 0.1) is 10.6 Å². The Morgan fingerprint density at radius 2 is 2.00 bits per heavy atom. The minimum absolute atomic E-state index is 0.0564. The van der Waals surface area contributed by atoms with Crippen LogP contribution in [0.2, 0.25) is 0 Å². The van der Waals surface area contributed by atoms with Crippen LogP contribution in [0.25, 0.3) is 0 Å². The molecule has 1 N–H and O–H groups in total. The number of benzene rings is 1. The first-order valence-corrected chi connectivity index (χ1v) is 6.29. The van der Waals surface area contributed by atoms with Crippen molar-refractivity contribution >= 4 is 22.9 Å². The molecule has 0 saturated heterocycles. The first kappa shape index (κ1) is 13.5. The largest absolute Gasteiger partial charge is 0.433 e. The summed E-state index contributed by atoms with van der Waals surface area (Å²) in [6.07, 6.45) is 0. The van der Waals surface area contributed by atoms with E-state index in [1.54, 1.807) is 18.2 Å². The highest BCUT2D eigenvalue weighted by atomic mass is 32.1. The summed E-state index contributed by atoms with van der Waals surface area (Å²) in [6, 6.07) is 9.58. The van der Waals surface area contributed by atoms with Crippen LogP contribution >= 0.6 is 11.3 Å². The van der Waals surface area contributed by atoms with Crippen LogP contribution in [-0.4, -0.2) is 12.5 Å². The molecule has 1 amide bonds. The molecule has 0 aliphatic heterocycles. The number of anilines is 1. The van der Waals surface area contributed by atoms with Crippen molar-refractivity contribution in [1.29, 1.82) is 0 Å². The number of aryl methyl sites for hydroxylation is 1. The molecular weight excluding hydrogens is 272 g/mol. The van der Waals surface area contributed by atoms with Crippen LogP contribution in [0.3, 0.4) is 0 Å². The summed E-state index contributed by atoms with van der Waals surface area (Å²) in [5, 5.41) is 2.56. The second kappa shape index (κ2) is 5.79. The van der Waals surface area contributed by atoms with Crippen LogP contribution in [0, 0.1) is 6.92 Å². The van der Waals surface area contributed by atoms with Crippen molar-refractivity contribution < 1.29 is 18.3 Å². The first-order valence-electron chi connectivity index (χ1n) is 5.48. The minimum atomic E-state index is -2.93. The lowest BCUT2D eigenvalue weighted by molar-refractivity contribution is -0.0493. The van der Waals surface area contributed by atoms with Gasteiger partial charge in [0.1, 0.15) is 5.75 Å². The van der Waals surface area contributed by atoms with Crippen LogP contribution in [-0.2, 0) is 0 Å². The van der Waals surface area contributed by atoms with Gasteiger partial charge in [-0.25, -0.2) is 0 Å². The van der Waals surface area contributed by atoms with Crippen molar-refractivity contribution in [2.24, 2.45) is 0 Å². The zero-order chi connectivity index (χ0) is 13.8. The van der Waals surface area contributed by atoms with E-state index in [1.807, 2.05) is 13.0 Å². The number of hydrogen-bond donors (Lipinski definition) is 1. The Balaban J connectivity index is 2.16. The SMILES string of the molecule is Cc1ccc(C(=O)Nc2ccccc2OC(F)F)s1. The van der Waals surface area contributed by atoms with Gasteiger partial charge in [0.2, 0.25) is 0 Å². The first-order chi connectivity index (χ1) is 9.06. The fraction of sp³-hybridized carbons (Fsp3) is 0.154. The second-order valence-electron chi connectivity index (χ2n) is 3.74. The van der Waals surface area contributed by atoms with Gasteiger partial charge in [0, 0.05) is 4.88 Å². The number of halogens is 2. The highest BCUT2D eigenvalue weighted by Crippen LogP contribution is 2.26. The van der Waals surface area contributed by atoms with Crippen LogP contribution in [0.1, 0.15) is 14.5 Å². The van der Waals surface area contributed by atoms with Crippen LogP contribution < -0.4 is 10.1 Å². The maximum Gasteiger partial charge on any atom is 0.387 e. The molecule has 2 aromatic rings. The van der Waals surface area contributed by atoms with E-state index in [9.17, 15) is 13.6 Å². The lowest BCUT2D eigenvalue weighted by Gasteiger charge is -2.10. The molecule has 0 unspecified atom stereocenters. The topological polar surface area (TPSA) is 38.3 Å². The summed E-state index contributed by atoms with van der Waals surface area (Å²) in [6.45, 7) is -1.04. The van der Waals surface area contributed by atoms with E-state index in [-0.39, 0.29) is 17.3 Å². The molecule has 0 bridgehead atoms. The zero-order valence-corrected chi connectivity index (χ0v) is 10.8. The normalized spacial score (nSPS) is 10.5. The molecule has 6 heteroatoms. The van der Waals surface area contributed by atoms with E-state index in [4.69, 9.17) is 0 Å². The molecule has 0 fully saturated rings. The van der Waals surface area contributed by atoms with Gasteiger partial charge < -0.3 is 10.1 Å². The Labute approximate surface area is 112 Å². The van der Waals surface area contributed by atoms with Crippen molar-refractivity contribution in [1.82, 2.24) is 0 Å². The van der Waals surface area contributed by atoms with E-state index in [2.05, 4.69) is 10.1 Å². The number of nitrogens with one attached hydrogen (secondary N) is 1. The van der Waals surface area contributed by atoms with Gasteiger partial charge in [-0.15, -0.1) is 11.3 Å². The van der Waals surface area contributed by atoms with Gasteiger partial charge in [-0.1, -0.05) is 12.1 Å². The highest BCUT2D eigenvalue weighted by molar-refractivity contribution is 7.14. The van der Waals surface area contributed by atoms with Crippen molar-refractivity contribution in [3.63, 3.8) is 0 Å². The maximum absolute atomic E-state index is 12.2. The standard InChI is InChI=1S/C13H11F2NO2S/c1-8-6-7-11(19-8)12(17)16-9-4-2-3-5-10(9)18-13(14)15/h2-7,13H,1H3,(H,16,17). The average molecular weight is 283 g/mol. The Hall–Kier alpha value is -1.95. The molecule has 1 heterocycles. The Morgan fingerprint density at radius 1 is 1.26 bits per heavy atom. The second-order valence-corrected chi connectivity index (χ2v) is 5.03. The fourth-order valence-corrected chi connectivity index (χ4v) is 2.27. The summed E-state index contributed by atoms with van der Waals surface area (Å²) in [5.41, 5.74) is 0.221. The Kier molecular flexibility index (Phi) is 4.11. The van der Waals surface area contributed by atoms with Crippen LogP contribution in [0.5, 0.6) is 5.75 Å². The lowest BCUT2D eigenvalue weighted by Crippen LogP contribution is -2.12. The molecule has 0 aliphatic carbocycles. The van der Waals surface area contributed by atoms with E-state index < -0.39 is 6.61 Å². The molecule has 100 valence electrons. The van der Waals surface area contributed by atoms with Crippen molar-refractivity contribution in [3.8, 4) is 5.75 Å². The van der Waals surface area contributed by atoms with Crippen molar-refractivity contribution in [3.05, 3.63) is 46.2 Å². The van der Waals surface area contributed by atoms with Crippen LogP contribution in [0.4, 0.5) is 14.5 Å². The van der Waals surface area contributed by atoms with Gasteiger partial charge in [-0.05, 0) is 31.2 Å². The van der Waals surface area contributed by atoms with Gasteiger partial charge in [-0.2, -0.15) is 8.78 Å². The molecular formula is C13H11F2NO2S.